The second kappa shape index (κ2) is 5.18. The van der Waals surface area contributed by atoms with Crippen molar-refractivity contribution in [3.8, 4) is 5.75 Å². The van der Waals surface area contributed by atoms with Crippen LogP contribution in [0.15, 0.2) is 29.2 Å². The van der Waals surface area contributed by atoms with Gasteiger partial charge in [-0.2, -0.15) is 0 Å². The second-order valence-corrected chi connectivity index (χ2v) is 6.28. The van der Waals surface area contributed by atoms with E-state index in [1.807, 2.05) is 0 Å². The summed E-state index contributed by atoms with van der Waals surface area (Å²) in [7, 11) is -2.13. The van der Waals surface area contributed by atoms with Crippen LogP contribution in [0.1, 0.15) is 12.8 Å². The molecule has 104 valence electrons. The number of hydrogen-bond acceptors (Lipinski definition) is 4. The summed E-state index contributed by atoms with van der Waals surface area (Å²) >= 11 is 0. The maximum Gasteiger partial charge on any atom is 0.244 e. The van der Waals surface area contributed by atoms with Crippen LogP contribution in [0.3, 0.4) is 0 Å². The van der Waals surface area contributed by atoms with Crippen LogP contribution in [0, 0.1) is 0 Å². The lowest BCUT2D eigenvalue weighted by molar-refractivity contribution is -0.132. The molecule has 1 saturated heterocycles. The molecule has 1 heterocycles. The molecule has 0 aromatic heterocycles. The Bertz CT molecular complexity index is 585. The highest BCUT2D eigenvalue weighted by Crippen LogP contribution is 2.22. The van der Waals surface area contributed by atoms with Crippen molar-refractivity contribution >= 4 is 15.9 Å². The standard InChI is InChI=1S/C12H16N2O4S/c1-14-8-9(6-7-12(14)16)13-19(17,18)11-5-3-2-4-10(11)15/h2-5,9,13,15H,6-8H2,1H3. The van der Waals surface area contributed by atoms with Crippen LogP contribution in [0.5, 0.6) is 5.75 Å². The van der Waals surface area contributed by atoms with Gasteiger partial charge in [-0.25, -0.2) is 13.1 Å². The first-order chi connectivity index (χ1) is 8.90. The van der Waals surface area contributed by atoms with E-state index >= 15 is 0 Å². The van der Waals surface area contributed by atoms with Gasteiger partial charge < -0.3 is 10.0 Å². The number of para-hydroxylation sites is 1. The number of carbonyl (C=O) groups excluding carboxylic acids is 1. The Morgan fingerprint density at radius 1 is 1.37 bits per heavy atom. The molecule has 19 heavy (non-hydrogen) atoms. The first kappa shape index (κ1) is 13.8. The summed E-state index contributed by atoms with van der Waals surface area (Å²) in [4.78, 5) is 12.7. The normalized spacial score (nSPS) is 20.6. The quantitative estimate of drug-likeness (QED) is 0.835. The number of phenolic OH excluding ortho intramolecular Hbond substituents is 1. The van der Waals surface area contributed by atoms with Crippen LogP contribution in [-0.2, 0) is 14.8 Å². The van der Waals surface area contributed by atoms with Crippen LogP contribution in [0.2, 0.25) is 0 Å². The third-order valence-electron chi connectivity index (χ3n) is 3.10. The van der Waals surface area contributed by atoms with Gasteiger partial charge in [-0.05, 0) is 18.6 Å². The SMILES string of the molecule is CN1CC(NS(=O)(=O)c2ccccc2O)CCC1=O. The number of benzene rings is 1. The number of piperidine rings is 1. The predicted octanol–water partition coefficient (Wildman–Crippen LogP) is 0.291. The Balaban J connectivity index is 2.15. The van der Waals surface area contributed by atoms with E-state index in [4.69, 9.17) is 0 Å². The molecule has 0 radical (unpaired) electrons. The lowest BCUT2D eigenvalue weighted by Crippen LogP contribution is -2.48. The van der Waals surface area contributed by atoms with Gasteiger partial charge in [0.05, 0.1) is 0 Å². The smallest absolute Gasteiger partial charge is 0.244 e. The molecule has 7 heteroatoms. The number of likely N-dealkylation sites (tertiary alicyclic amines) is 1. The molecule has 1 aliphatic rings. The van der Waals surface area contributed by atoms with Crippen LogP contribution < -0.4 is 4.72 Å². The van der Waals surface area contributed by atoms with Crippen molar-refractivity contribution in [1.82, 2.24) is 9.62 Å². The van der Waals surface area contributed by atoms with E-state index in [0.717, 1.165) is 0 Å². The highest BCUT2D eigenvalue weighted by molar-refractivity contribution is 7.89. The van der Waals surface area contributed by atoms with E-state index in [-0.39, 0.29) is 22.6 Å². The van der Waals surface area contributed by atoms with Crippen molar-refractivity contribution in [3.63, 3.8) is 0 Å². The molecule has 0 saturated carbocycles. The minimum atomic E-state index is -3.77. The fourth-order valence-corrected chi connectivity index (χ4v) is 3.44. The molecular weight excluding hydrogens is 268 g/mol. The number of amides is 1. The number of sulfonamides is 1. The summed E-state index contributed by atoms with van der Waals surface area (Å²) < 4.78 is 26.8. The van der Waals surface area contributed by atoms with Gasteiger partial charge >= 0.3 is 0 Å². The van der Waals surface area contributed by atoms with Gasteiger partial charge in [0.15, 0.2) is 0 Å². The molecule has 1 aliphatic heterocycles. The van der Waals surface area contributed by atoms with Crippen LogP contribution in [0.4, 0.5) is 0 Å². The zero-order chi connectivity index (χ0) is 14.0. The number of hydrogen-bond donors (Lipinski definition) is 2. The molecule has 1 unspecified atom stereocenters. The molecule has 0 aliphatic carbocycles. The van der Waals surface area contributed by atoms with E-state index in [1.165, 1.54) is 17.0 Å². The average Bonchev–Trinajstić information content (AvgIpc) is 2.34. The molecule has 1 amide bonds. The fourth-order valence-electron chi connectivity index (χ4n) is 2.08. The molecule has 0 spiro atoms. The second-order valence-electron chi connectivity index (χ2n) is 4.60. The van der Waals surface area contributed by atoms with Crippen molar-refractivity contribution in [2.24, 2.45) is 0 Å². The molecule has 0 bridgehead atoms. The summed E-state index contributed by atoms with van der Waals surface area (Å²) in [5.74, 6) is -0.270. The average molecular weight is 284 g/mol. The molecule has 1 fully saturated rings. The van der Waals surface area contributed by atoms with Crippen molar-refractivity contribution in [3.05, 3.63) is 24.3 Å². The van der Waals surface area contributed by atoms with Crippen molar-refractivity contribution in [2.75, 3.05) is 13.6 Å². The highest BCUT2D eigenvalue weighted by atomic mass is 32.2. The first-order valence-corrected chi connectivity index (χ1v) is 7.43. The van der Waals surface area contributed by atoms with Gasteiger partial charge in [-0.1, -0.05) is 12.1 Å². The van der Waals surface area contributed by atoms with Gasteiger partial charge in [-0.15, -0.1) is 0 Å². The zero-order valence-corrected chi connectivity index (χ0v) is 11.4. The molecule has 6 nitrogen and oxygen atoms in total. The summed E-state index contributed by atoms with van der Waals surface area (Å²) in [6.45, 7) is 0.339. The number of nitrogens with one attached hydrogen (secondary N) is 1. The summed E-state index contributed by atoms with van der Waals surface area (Å²) in [6.07, 6.45) is 0.792. The number of rotatable bonds is 3. The molecule has 1 aromatic carbocycles. The zero-order valence-electron chi connectivity index (χ0n) is 10.5. The summed E-state index contributed by atoms with van der Waals surface area (Å²) in [6, 6.07) is 5.44. The van der Waals surface area contributed by atoms with Gasteiger partial charge in [0, 0.05) is 26.1 Å². The maximum absolute atomic E-state index is 12.1. The minimum absolute atomic E-state index is 0.0120. The molecule has 1 atom stereocenters. The maximum atomic E-state index is 12.1. The first-order valence-electron chi connectivity index (χ1n) is 5.94. The number of carbonyl (C=O) groups is 1. The molecule has 2 rings (SSSR count). The Morgan fingerprint density at radius 3 is 2.68 bits per heavy atom. The third-order valence-corrected chi connectivity index (χ3v) is 4.67. The van der Waals surface area contributed by atoms with E-state index in [0.29, 0.717) is 19.4 Å². The minimum Gasteiger partial charge on any atom is -0.507 e. The summed E-state index contributed by atoms with van der Waals surface area (Å²) in [5, 5.41) is 9.59. The van der Waals surface area contributed by atoms with Crippen LogP contribution >= 0.6 is 0 Å². The Morgan fingerprint density at radius 2 is 2.05 bits per heavy atom. The van der Waals surface area contributed by atoms with Crippen molar-refractivity contribution in [1.29, 1.82) is 0 Å². The summed E-state index contributed by atoms with van der Waals surface area (Å²) in [5.41, 5.74) is 0. The Labute approximate surface area is 112 Å². The Hall–Kier alpha value is -1.60. The number of aromatic hydroxyl groups is 1. The number of nitrogens with zero attached hydrogens (tertiary/aromatic N) is 1. The largest absolute Gasteiger partial charge is 0.507 e. The van der Waals surface area contributed by atoms with Gasteiger partial charge in [0.25, 0.3) is 0 Å². The lowest BCUT2D eigenvalue weighted by Gasteiger charge is -2.29. The number of likely N-dealkylation sites (N-methyl/N-ethyl adjacent to an activating group) is 1. The number of phenols is 1. The topological polar surface area (TPSA) is 86.7 Å². The molecule has 1 aromatic rings. The fraction of sp³-hybridized carbons (Fsp3) is 0.417. The Kier molecular flexibility index (Phi) is 3.77. The monoisotopic (exact) mass is 284 g/mol. The van der Waals surface area contributed by atoms with Crippen LogP contribution in [0.25, 0.3) is 0 Å². The van der Waals surface area contributed by atoms with E-state index in [2.05, 4.69) is 4.72 Å². The highest BCUT2D eigenvalue weighted by Gasteiger charge is 2.28. The molecular formula is C12H16N2O4S. The van der Waals surface area contributed by atoms with Gasteiger partial charge in [-0.3, -0.25) is 4.79 Å². The lowest BCUT2D eigenvalue weighted by atomic mass is 10.1. The van der Waals surface area contributed by atoms with E-state index < -0.39 is 10.0 Å². The third kappa shape index (κ3) is 3.05. The van der Waals surface area contributed by atoms with Crippen molar-refractivity contribution in [2.45, 2.75) is 23.8 Å². The molecule has 2 N–H and O–H groups in total. The van der Waals surface area contributed by atoms with E-state index in [9.17, 15) is 18.3 Å². The van der Waals surface area contributed by atoms with Crippen molar-refractivity contribution < 1.29 is 18.3 Å². The van der Waals surface area contributed by atoms with Gasteiger partial charge in [0.1, 0.15) is 10.6 Å². The van der Waals surface area contributed by atoms with E-state index in [1.54, 1.807) is 19.2 Å². The van der Waals surface area contributed by atoms with Gasteiger partial charge in [0.2, 0.25) is 15.9 Å². The predicted molar refractivity (Wildman–Crippen MR) is 69.1 cm³/mol. The van der Waals surface area contributed by atoms with Crippen LogP contribution in [-0.4, -0.2) is 44.0 Å².